The van der Waals surface area contributed by atoms with Crippen LogP contribution in [-0.4, -0.2) is 21.9 Å². The predicted molar refractivity (Wildman–Crippen MR) is 43.3 cm³/mol. The Morgan fingerprint density at radius 3 is 1.89 bits per heavy atom. The number of hydrogen-bond acceptors (Lipinski definition) is 1. The Bertz CT molecular complexity index is 114. The molecule has 0 spiro atoms. The van der Waals surface area contributed by atoms with Crippen molar-refractivity contribution in [2.75, 3.05) is 0 Å². The Morgan fingerprint density at radius 2 is 1.44 bits per heavy atom. The summed E-state index contributed by atoms with van der Waals surface area (Å²) in [5.41, 5.74) is 0. The third-order valence-corrected chi connectivity index (χ3v) is 4.73. The van der Waals surface area contributed by atoms with E-state index < -0.39 is 0 Å². The first-order valence-electron chi connectivity index (χ1n) is 3.21. The van der Waals surface area contributed by atoms with Crippen LogP contribution < -0.4 is 0 Å². The molecule has 1 saturated heterocycles. The van der Waals surface area contributed by atoms with Gasteiger partial charge in [0.05, 0.1) is 12.2 Å². The van der Waals surface area contributed by atoms with Gasteiger partial charge in [-0.15, -0.1) is 0 Å². The molecule has 52 valence electrons. The first-order chi connectivity index (χ1) is 4.27. The molecule has 0 N–H and O–H groups in total. The lowest BCUT2D eigenvalue weighted by molar-refractivity contribution is 0.373. The summed E-state index contributed by atoms with van der Waals surface area (Å²) in [7, 11) is 0. The summed E-state index contributed by atoms with van der Waals surface area (Å²) >= 11 is 7.19. The van der Waals surface area contributed by atoms with Crippen LogP contribution >= 0.6 is 31.9 Å². The maximum atomic E-state index is 5.36. The molecule has 2 aliphatic rings. The molecule has 0 radical (unpaired) electrons. The van der Waals surface area contributed by atoms with E-state index in [0.29, 0.717) is 21.9 Å². The van der Waals surface area contributed by atoms with Crippen LogP contribution in [0.25, 0.3) is 0 Å². The lowest BCUT2D eigenvalue weighted by Crippen LogP contribution is -2.24. The second-order valence-corrected chi connectivity index (χ2v) is 5.07. The van der Waals surface area contributed by atoms with Crippen LogP contribution in [-0.2, 0) is 4.74 Å². The van der Waals surface area contributed by atoms with Crippen LogP contribution in [0.2, 0.25) is 0 Å². The van der Waals surface area contributed by atoms with Crippen LogP contribution in [0.1, 0.15) is 12.8 Å². The molecule has 0 aromatic heterocycles. The summed E-state index contributed by atoms with van der Waals surface area (Å²) in [6, 6.07) is 0. The minimum atomic E-state index is 0.586. The first-order valence-corrected chi connectivity index (χ1v) is 5.04. The molecule has 0 unspecified atom stereocenters. The van der Waals surface area contributed by atoms with Crippen molar-refractivity contribution in [2.45, 2.75) is 34.7 Å². The fourth-order valence-electron chi connectivity index (χ4n) is 1.33. The molecule has 0 aromatic carbocycles. The van der Waals surface area contributed by atoms with E-state index in [4.69, 9.17) is 4.74 Å². The molecule has 0 amide bonds. The van der Waals surface area contributed by atoms with Gasteiger partial charge in [-0.1, -0.05) is 31.9 Å². The molecule has 4 atom stereocenters. The third-order valence-electron chi connectivity index (χ3n) is 2.00. The topological polar surface area (TPSA) is 12.5 Å². The van der Waals surface area contributed by atoms with Crippen molar-refractivity contribution in [1.82, 2.24) is 0 Å². The van der Waals surface area contributed by atoms with Gasteiger partial charge in [0, 0.05) is 9.65 Å². The van der Waals surface area contributed by atoms with Gasteiger partial charge in [-0.25, -0.2) is 0 Å². The Labute approximate surface area is 71.4 Å². The predicted octanol–water partition coefficient (Wildman–Crippen LogP) is 2.07. The van der Waals surface area contributed by atoms with Crippen molar-refractivity contribution in [3.8, 4) is 0 Å². The van der Waals surface area contributed by atoms with E-state index in [1.165, 1.54) is 12.8 Å². The summed E-state index contributed by atoms with van der Waals surface area (Å²) in [6.45, 7) is 0. The van der Waals surface area contributed by atoms with E-state index >= 15 is 0 Å². The summed E-state index contributed by atoms with van der Waals surface area (Å²) in [5.74, 6) is 0. The second kappa shape index (κ2) is 2.21. The quantitative estimate of drug-likeness (QED) is 0.477. The second-order valence-electron chi connectivity index (χ2n) is 2.72. The fourth-order valence-corrected chi connectivity index (χ4v) is 2.50. The van der Waals surface area contributed by atoms with Crippen LogP contribution in [0, 0.1) is 0 Å². The highest BCUT2D eigenvalue weighted by Gasteiger charge is 2.46. The summed E-state index contributed by atoms with van der Waals surface area (Å²) in [5, 5.41) is 0. The number of hydrogen-bond donors (Lipinski definition) is 0. The molecule has 1 aliphatic heterocycles. The SMILES string of the molecule is Br[C@@H]1C[C@@H]2O[C@@H]2C[C@@H]1Br. The van der Waals surface area contributed by atoms with Gasteiger partial charge in [0.25, 0.3) is 0 Å². The van der Waals surface area contributed by atoms with Crippen LogP contribution in [0.3, 0.4) is 0 Å². The van der Waals surface area contributed by atoms with E-state index in [9.17, 15) is 0 Å². The van der Waals surface area contributed by atoms with Gasteiger partial charge >= 0.3 is 0 Å². The summed E-state index contributed by atoms with van der Waals surface area (Å²) in [6.07, 6.45) is 3.53. The number of ether oxygens (including phenoxy) is 1. The normalized spacial score (nSPS) is 56.7. The largest absolute Gasteiger partial charge is 0.370 e. The molecule has 0 aromatic rings. The highest BCUT2D eigenvalue weighted by molar-refractivity contribution is 9.12. The van der Waals surface area contributed by atoms with Gasteiger partial charge in [0.15, 0.2) is 0 Å². The lowest BCUT2D eigenvalue weighted by Gasteiger charge is -2.18. The molecule has 1 saturated carbocycles. The van der Waals surface area contributed by atoms with E-state index in [1.54, 1.807) is 0 Å². The molecule has 1 heterocycles. The van der Waals surface area contributed by atoms with E-state index in [2.05, 4.69) is 31.9 Å². The molecule has 0 bridgehead atoms. The van der Waals surface area contributed by atoms with Crippen molar-refractivity contribution in [3.05, 3.63) is 0 Å². The van der Waals surface area contributed by atoms with Gasteiger partial charge in [-0.2, -0.15) is 0 Å². The Balaban J connectivity index is 1.98. The van der Waals surface area contributed by atoms with Gasteiger partial charge in [0.1, 0.15) is 0 Å². The van der Waals surface area contributed by atoms with E-state index in [-0.39, 0.29) is 0 Å². The number of halogens is 2. The minimum Gasteiger partial charge on any atom is -0.370 e. The summed E-state index contributed by atoms with van der Waals surface area (Å²) in [4.78, 5) is 1.25. The van der Waals surface area contributed by atoms with Crippen LogP contribution in [0.5, 0.6) is 0 Å². The number of fused-ring (bicyclic) bond motifs is 1. The van der Waals surface area contributed by atoms with Gasteiger partial charge in [-0.05, 0) is 12.8 Å². The van der Waals surface area contributed by atoms with E-state index in [0.717, 1.165) is 0 Å². The average Bonchev–Trinajstić information content (AvgIpc) is 2.46. The Morgan fingerprint density at radius 1 is 1.00 bits per heavy atom. The van der Waals surface area contributed by atoms with Gasteiger partial charge in [0.2, 0.25) is 0 Å². The standard InChI is InChI=1S/C6H8Br2O/c7-3-1-5-6(9-5)2-4(3)8/h3-6H,1-2H2/t3-,4+,5+,6-. The van der Waals surface area contributed by atoms with E-state index in [1.807, 2.05) is 0 Å². The number of rotatable bonds is 0. The molecule has 3 heteroatoms. The fraction of sp³-hybridized carbons (Fsp3) is 1.00. The highest BCUT2D eigenvalue weighted by atomic mass is 79.9. The van der Waals surface area contributed by atoms with Crippen LogP contribution in [0.15, 0.2) is 0 Å². The maximum absolute atomic E-state index is 5.36. The first kappa shape index (κ1) is 6.62. The Kier molecular flexibility index (Phi) is 1.62. The van der Waals surface area contributed by atoms with Crippen molar-refractivity contribution >= 4 is 31.9 Å². The zero-order chi connectivity index (χ0) is 6.43. The molecule has 2 fully saturated rings. The molecule has 9 heavy (non-hydrogen) atoms. The summed E-state index contributed by atoms with van der Waals surface area (Å²) < 4.78 is 5.36. The highest BCUT2D eigenvalue weighted by Crippen LogP contribution is 2.41. The smallest absolute Gasteiger partial charge is 0.0853 e. The minimum absolute atomic E-state index is 0.586. The molecule has 1 nitrogen and oxygen atoms in total. The lowest BCUT2D eigenvalue weighted by atomic mass is 10.0. The number of alkyl halides is 2. The number of epoxide rings is 1. The Hall–Kier alpha value is 0.920. The molecule has 1 aliphatic carbocycles. The molecule has 2 rings (SSSR count). The maximum Gasteiger partial charge on any atom is 0.0853 e. The van der Waals surface area contributed by atoms with Crippen molar-refractivity contribution in [1.29, 1.82) is 0 Å². The molecular weight excluding hydrogens is 248 g/mol. The van der Waals surface area contributed by atoms with Gasteiger partial charge in [-0.3, -0.25) is 0 Å². The zero-order valence-corrected chi connectivity index (χ0v) is 8.06. The van der Waals surface area contributed by atoms with Gasteiger partial charge < -0.3 is 4.74 Å². The monoisotopic (exact) mass is 254 g/mol. The van der Waals surface area contributed by atoms with Crippen molar-refractivity contribution in [3.63, 3.8) is 0 Å². The van der Waals surface area contributed by atoms with Crippen molar-refractivity contribution < 1.29 is 4.74 Å². The van der Waals surface area contributed by atoms with Crippen LogP contribution in [0.4, 0.5) is 0 Å². The zero-order valence-electron chi connectivity index (χ0n) is 4.89. The average molecular weight is 256 g/mol. The third kappa shape index (κ3) is 1.19. The molecular formula is C6H8Br2O. The van der Waals surface area contributed by atoms with Crippen molar-refractivity contribution in [2.24, 2.45) is 0 Å².